The van der Waals surface area contributed by atoms with Crippen LogP contribution in [-0.4, -0.2) is 57.7 Å². The minimum Gasteiger partial charge on any atom is -0.617 e. The van der Waals surface area contributed by atoms with Crippen molar-refractivity contribution >= 4 is 11.2 Å². The first-order valence-electron chi connectivity index (χ1n) is 3.95. The summed E-state index contributed by atoms with van der Waals surface area (Å²) in [6.07, 6.45) is 3.28. The van der Waals surface area contributed by atoms with Crippen LogP contribution in [0.25, 0.3) is 0 Å². The van der Waals surface area contributed by atoms with Gasteiger partial charge in [-0.15, -0.1) is 0 Å². The molecular weight excluding hydrogens is 192 g/mol. The van der Waals surface area contributed by atoms with Crippen LogP contribution in [-0.2, 0) is 25.4 Å². The molecule has 0 unspecified atom stereocenters. The van der Waals surface area contributed by atoms with E-state index in [4.69, 9.17) is 14.2 Å². The van der Waals surface area contributed by atoms with Gasteiger partial charge in [0, 0.05) is 14.2 Å². The Morgan fingerprint density at radius 3 is 1.46 bits per heavy atom. The first-order chi connectivity index (χ1) is 6.15. The smallest absolute Gasteiger partial charge is 0.0946 e. The lowest BCUT2D eigenvalue weighted by molar-refractivity contribution is 0.0385. The van der Waals surface area contributed by atoms with Gasteiger partial charge in [0.15, 0.2) is 0 Å². The fourth-order valence-corrected chi connectivity index (χ4v) is 0.387. The lowest BCUT2D eigenvalue weighted by Crippen LogP contribution is -2.06. The highest BCUT2D eigenvalue weighted by Gasteiger charge is 1.84. The molecule has 5 heteroatoms. The van der Waals surface area contributed by atoms with Gasteiger partial charge in [-0.3, -0.25) is 0 Å². The van der Waals surface area contributed by atoms with Crippen molar-refractivity contribution in [2.24, 2.45) is 0 Å². The molecule has 0 fully saturated rings. The molecule has 0 aromatic rings. The molecule has 0 rings (SSSR count). The van der Waals surface area contributed by atoms with Crippen LogP contribution in [0.2, 0.25) is 0 Å². The second-order valence-corrected chi connectivity index (χ2v) is 3.82. The summed E-state index contributed by atoms with van der Waals surface area (Å²) in [5.74, 6) is 0. The summed E-state index contributed by atoms with van der Waals surface area (Å²) in [5, 5.41) is 0. The molecule has 0 heterocycles. The quantitative estimate of drug-likeness (QED) is 0.469. The van der Waals surface area contributed by atoms with Crippen LogP contribution in [0.15, 0.2) is 0 Å². The monoisotopic (exact) mass is 212 g/mol. The number of hydrogen-bond donors (Lipinski definition) is 0. The summed E-state index contributed by atoms with van der Waals surface area (Å²) in [6.45, 7) is 2.62. The minimum atomic E-state index is -0.611. The minimum absolute atomic E-state index is 0.611. The second-order valence-electron chi connectivity index (χ2n) is 2.34. The van der Waals surface area contributed by atoms with Crippen molar-refractivity contribution in [3.05, 3.63) is 0 Å². The maximum absolute atomic E-state index is 9.56. The van der Waals surface area contributed by atoms with E-state index in [0.29, 0.717) is 26.4 Å². The van der Waals surface area contributed by atoms with Gasteiger partial charge in [0.25, 0.3) is 0 Å². The molecule has 0 aromatic heterocycles. The standard InChI is InChI=1S/C6H14O3.C2H6OS/c1-7-3-5-9-6-4-8-2;1-4(2)3/h3-6H2,1-2H3;1-2H3. The van der Waals surface area contributed by atoms with Gasteiger partial charge < -0.3 is 18.8 Å². The van der Waals surface area contributed by atoms with Crippen LogP contribution < -0.4 is 0 Å². The van der Waals surface area contributed by atoms with E-state index < -0.39 is 11.2 Å². The zero-order valence-electron chi connectivity index (χ0n) is 8.87. The normalized spacial score (nSPS) is 9.69. The first kappa shape index (κ1) is 15.7. The van der Waals surface area contributed by atoms with Crippen molar-refractivity contribution in [1.29, 1.82) is 0 Å². The number of ether oxygens (including phenoxy) is 3. The Morgan fingerprint density at radius 2 is 1.23 bits per heavy atom. The maximum Gasteiger partial charge on any atom is 0.0946 e. The molecule has 0 aliphatic rings. The van der Waals surface area contributed by atoms with Gasteiger partial charge in [0.05, 0.1) is 38.9 Å². The summed E-state index contributed by atoms with van der Waals surface area (Å²) >= 11 is -0.611. The van der Waals surface area contributed by atoms with Crippen LogP contribution in [0.1, 0.15) is 0 Å². The molecule has 0 aliphatic heterocycles. The number of rotatable bonds is 6. The Bertz CT molecular complexity index is 71.8. The topological polar surface area (TPSA) is 50.8 Å². The SMILES string of the molecule is COCCOCCOC.C[S+](C)[O-]. The summed E-state index contributed by atoms with van der Waals surface area (Å²) in [6, 6.07) is 0. The number of methoxy groups -OCH3 is 2. The third-order valence-corrected chi connectivity index (χ3v) is 0.864. The molecule has 0 aromatic carbocycles. The third-order valence-electron chi connectivity index (χ3n) is 0.864. The van der Waals surface area contributed by atoms with Crippen molar-refractivity contribution in [3.63, 3.8) is 0 Å². The Balaban J connectivity index is 0. The van der Waals surface area contributed by atoms with Crippen molar-refractivity contribution < 1.29 is 18.8 Å². The summed E-state index contributed by atoms with van der Waals surface area (Å²) in [5.41, 5.74) is 0. The van der Waals surface area contributed by atoms with Crippen LogP contribution in [0, 0.1) is 0 Å². The van der Waals surface area contributed by atoms with E-state index in [0.717, 1.165) is 0 Å². The average molecular weight is 212 g/mol. The van der Waals surface area contributed by atoms with E-state index in [2.05, 4.69) is 0 Å². The fraction of sp³-hybridized carbons (Fsp3) is 1.00. The molecule has 0 N–H and O–H groups in total. The molecule has 0 aliphatic carbocycles. The zero-order chi connectivity index (χ0) is 10.5. The molecule has 13 heavy (non-hydrogen) atoms. The van der Waals surface area contributed by atoms with E-state index in [9.17, 15) is 4.55 Å². The van der Waals surface area contributed by atoms with Gasteiger partial charge in [0.1, 0.15) is 0 Å². The summed E-state index contributed by atoms with van der Waals surface area (Å²) < 4.78 is 24.1. The zero-order valence-corrected chi connectivity index (χ0v) is 9.69. The van der Waals surface area contributed by atoms with E-state index in [1.54, 1.807) is 26.7 Å². The molecule has 0 radical (unpaired) electrons. The fourth-order valence-electron chi connectivity index (χ4n) is 0.387. The molecular formula is C8H20O4S. The van der Waals surface area contributed by atoms with Gasteiger partial charge in [-0.2, -0.15) is 0 Å². The highest BCUT2D eigenvalue weighted by molar-refractivity contribution is 7.89. The summed E-state index contributed by atoms with van der Waals surface area (Å²) in [4.78, 5) is 0. The molecule has 0 saturated heterocycles. The van der Waals surface area contributed by atoms with Crippen LogP contribution >= 0.6 is 0 Å². The van der Waals surface area contributed by atoms with E-state index in [1.165, 1.54) is 0 Å². The predicted octanol–water partition coefficient (Wildman–Crippen LogP) is 0.290. The molecule has 0 amide bonds. The van der Waals surface area contributed by atoms with Gasteiger partial charge in [-0.1, -0.05) is 11.2 Å². The molecule has 0 atom stereocenters. The first-order valence-corrected chi connectivity index (χ1v) is 5.92. The van der Waals surface area contributed by atoms with Gasteiger partial charge in [0.2, 0.25) is 0 Å². The molecule has 0 spiro atoms. The van der Waals surface area contributed by atoms with Crippen LogP contribution in [0.4, 0.5) is 0 Å². The Labute approximate surface area is 83.7 Å². The van der Waals surface area contributed by atoms with Crippen LogP contribution in [0.3, 0.4) is 0 Å². The van der Waals surface area contributed by atoms with Crippen molar-refractivity contribution in [2.45, 2.75) is 0 Å². The molecule has 0 bridgehead atoms. The van der Waals surface area contributed by atoms with Gasteiger partial charge in [-0.05, 0) is 0 Å². The number of hydrogen-bond acceptors (Lipinski definition) is 4. The molecule has 4 nitrogen and oxygen atoms in total. The van der Waals surface area contributed by atoms with Gasteiger partial charge >= 0.3 is 0 Å². The van der Waals surface area contributed by atoms with E-state index in [1.807, 2.05) is 0 Å². The van der Waals surface area contributed by atoms with Crippen molar-refractivity contribution in [1.82, 2.24) is 0 Å². The van der Waals surface area contributed by atoms with Crippen LogP contribution in [0.5, 0.6) is 0 Å². The Hall–Kier alpha value is 0.190. The van der Waals surface area contributed by atoms with Crippen molar-refractivity contribution in [3.8, 4) is 0 Å². The highest BCUT2D eigenvalue weighted by Crippen LogP contribution is 1.75. The lowest BCUT2D eigenvalue weighted by Gasteiger charge is -2.00. The highest BCUT2D eigenvalue weighted by atomic mass is 32.2. The summed E-state index contributed by atoms with van der Waals surface area (Å²) in [7, 11) is 3.30. The third kappa shape index (κ3) is 33.0. The van der Waals surface area contributed by atoms with Crippen molar-refractivity contribution in [2.75, 3.05) is 53.2 Å². The largest absolute Gasteiger partial charge is 0.617 e. The average Bonchev–Trinajstić information content (AvgIpc) is 2.03. The van der Waals surface area contributed by atoms with E-state index in [-0.39, 0.29) is 0 Å². The molecule has 82 valence electrons. The Kier molecular flexibility index (Phi) is 17.7. The maximum atomic E-state index is 9.56. The van der Waals surface area contributed by atoms with Gasteiger partial charge in [-0.25, -0.2) is 0 Å². The Morgan fingerprint density at radius 1 is 0.923 bits per heavy atom. The predicted molar refractivity (Wildman–Crippen MR) is 54.6 cm³/mol. The second kappa shape index (κ2) is 14.7. The van der Waals surface area contributed by atoms with E-state index >= 15 is 0 Å². The molecule has 0 saturated carbocycles. The lowest BCUT2D eigenvalue weighted by atomic mass is 10.7.